The van der Waals surface area contributed by atoms with E-state index in [4.69, 9.17) is 13.9 Å². The fourth-order valence-corrected chi connectivity index (χ4v) is 4.28. The molecular weight excluding hydrogens is 399 g/mol. The van der Waals surface area contributed by atoms with Crippen molar-refractivity contribution in [3.8, 4) is 22.8 Å². The summed E-state index contributed by atoms with van der Waals surface area (Å²) in [7, 11) is 0. The van der Waals surface area contributed by atoms with Crippen molar-refractivity contribution in [3.05, 3.63) is 66.1 Å². The number of hydrogen-bond acceptors (Lipinski definition) is 5. The highest BCUT2D eigenvalue weighted by Crippen LogP contribution is 2.31. The second-order valence-corrected chi connectivity index (χ2v) is 7.82. The zero-order valence-electron chi connectivity index (χ0n) is 17.0. The van der Waals surface area contributed by atoms with Gasteiger partial charge in [0.2, 0.25) is 5.89 Å². The molecular formula is C24H23FN2O4. The van der Waals surface area contributed by atoms with Crippen LogP contribution >= 0.6 is 0 Å². The van der Waals surface area contributed by atoms with E-state index < -0.39 is 0 Å². The van der Waals surface area contributed by atoms with E-state index in [1.807, 2.05) is 17.0 Å². The average molecular weight is 422 g/mol. The molecule has 7 heteroatoms. The molecule has 1 amide bonds. The lowest BCUT2D eigenvalue weighted by Gasteiger charge is -2.35. The molecule has 3 heterocycles. The smallest absolute Gasteiger partial charge is 0.254 e. The fraction of sp³-hybridized carbons (Fsp3) is 0.333. The number of carbonyl (C=O) groups excluding carboxylic acids is 1. The van der Waals surface area contributed by atoms with Crippen molar-refractivity contribution in [1.29, 1.82) is 0 Å². The van der Waals surface area contributed by atoms with Crippen LogP contribution in [0, 0.1) is 11.7 Å². The number of hydrogen-bond donors (Lipinski definition) is 0. The maximum absolute atomic E-state index is 14.1. The van der Waals surface area contributed by atoms with Crippen molar-refractivity contribution in [2.45, 2.75) is 19.1 Å². The lowest BCUT2D eigenvalue weighted by atomic mass is 9.96. The van der Waals surface area contributed by atoms with E-state index in [9.17, 15) is 9.18 Å². The molecule has 160 valence electrons. The van der Waals surface area contributed by atoms with E-state index >= 15 is 0 Å². The number of piperidine rings is 1. The van der Waals surface area contributed by atoms with Gasteiger partial charge in [0.1, 0.15) is 5.82 Å². The molecule has 0 bridgehead atoms. The number of benzene rings is 2. The first-order valence-corrected chi connectivity index (χ1v) is 10.5. The molecule has 3 aromatic rings. The van der Waals surface area contributed by atoms with Crippen LogP contribution in [0.4, 0.5) is 4.39 Å². The van der Waals surface area contributed by atoms with Gasteiger partial charge in [0, 0.05) is 24.6 Å². The maximum Gasteiger partial charge on any atom is 0.254 e. The first-order chi connectivity index (χ1) is 15.2. The molecule has 6 nitrogen and oxygen atoms in total. The SMILES string of the molecule is O=C(c1ccccc1-c1ncc(-c2ccccc2F)o1)N1CCCC(C2OCCO2)C1. The molecule has 1 aromatic heterocycles. The summed E-state index contributed by atoms with van der Waals surface area (Å²) in [6, 6.07) is 13.6. The molecule has 2 aromatic carbocycles. The van der Waals surface area contributed by atoms with Gasteiger partial charge in [-0.15, -0.1) is 0 Å². The monoisotopic (exact) mass is 422 g/mol. The van der Waals surface area contributed by atoms with Crippen LogP contribution in [0.3, 0.4) is 0 Å². The first-order valence-electron chi connectivity index (χ1n) is 10.5. The van der Waals surface area contributed by atoms with Crippen molar-refractivity contribution >= 4 is 5.91 Å². The molecule has 1 atom stereocenters. The molecule has 5 rings (SSSR count). The predicted molar refractivity (Wildman–Crippen MR) is 112 cm³/mol. The summed E-state index contributed by atoms with van der Waals surface area (Å²) < 4.78 is 31.3. The van der Waals surface area contributed by atoms with Crippen LogP contribution in [0.1, 0.15) is 23.2 Å². The van der Waals surface area contributed by atoms with Crippen molar-refractivity contribution in [3.63, 3.8) is 0 Å². The summed E-state index contributed by atoms with van der Waals surface area (Å²) in [5.41, 5.74) is 1.43. The Morgan fingerprint density at radius 3 is 2.58 bits per heavy atom. The molecule has 0 radical (unpaired) electrons. The maximum atomic E-state index is 14.1. The van der Waals surface area contributed by atoms with Gasteiger partial charge in [-0.2, -0.15) is 0 Å². The third kappa shape index (κ3) is 3.98. The number of likely N-dealkylation sites (tertiary alicyclic amines) is 1. The number of amides is 1. The van der Waals surface area contributed by atoms with E-state index in [1.165, 1.54) is 12.3 Å². The average Bonchev–Trinajstić information content (AvgIpc) is 3.52. The fourth-order valence-electron chi connectivity index (χ4n) is 4.28. The Morgan fingerprint density at radius 1 is 1.03 bits per heavy atom. The Bertz CT molecular complexity index is 1080. The van der Waals surface area contributed by atoms with E-state index in [0.29, 0.717) is 54.6 Å². The van der Waals surface area contributed by atoms with Gasteiger partial charge >= 0.3 is 0 Å². The third-order valence-corrected chi connectivity index (χ3v) is 5.81. The van der Waals surface area contributed by atoms with E-state index in [2.05, 4.69) is 4.98 Å². The number of nitrogens with zero attached hydrogens (tertiary/aromatic N) is 2. The number of carbonyl (C=O) groups is 1. The normalized spacial score (nSPS) is 19.6. The van der Waals surface area contributed by atoms with E-state index in [1.54, 1.807) is 30.3 Å². The Kier molecular flexibility index (Phi) is 5.53. The summed E-state index contributed by atoms with van der Waals surface area (Å²) in [5, 5.41) is 0. The van der Waals surface area contributed by atoms with Crippen molar-refractivity contribution in [2.75, 3.05) is 26.3 Å². The molecule has 2 aliphatic heterocycles. The minimum absolute atomic E-state index is 0.0797. The lowest BCUT2D eigenvalue weighted by Crippen LogP contribution is -2.44. The van der Waals surface area contributed by atoms with Gasteiger partial charge in [-0.05, 0) is 37.1 Å². The summed E-state index contributed by atoms with van der Waals surface area (Å²) in [6.45, 7) is 2.48. The number of halogens is 1. The van der Waals surface area contributed by atoms with Gasteiger partial charge < -0.3 is 18.8 Å². The van der Waals surface area contributed by atoms with Crippen LogP contribution in [0.5, 0.6) is 0 Å². The van der Waals surface area contributed by atoms with E-state index in [-0.39, 0.29) is 23.9 Å². The second-order valence-electron chi connectivity index (χ2n) is 7.82. The van der Waals surface area contributed by atoms with Crippen LogP contribution in [-0.4, -0.2) is 48.4 Å². The Balaban J connectivity index is 1.41. The van der Waals surface area contributed by atoms with Crippen LogP contribution in [-0.2, 0) is 9.47 Å². The Labute approximate surface area is 179 Å². The van der Waals surface area contributed by atoms with Crippen LogP contribution in [0.15, 0.2) is 59.1 Å². The van der Waals surface area contributed by atoms with Crippen molar-refractivity contribution in [1.82, 2.24) is 9.88 Å². The standard InChI is InChI=1S/C24H23FN2O4/c25-20-10-4-3-9-19(20)21-14-26-22(31-21)17-7-1-2-8-18(17)23(28)27-11-5-6-16(15-27)24-29-12-13-30-24/h1-4,7-10,14,16,24H,5-6,11-13,15H2. The zero-order chi connectivity index (χ0) is 21.2. The summed E-state index contributed by atoms with van der Waals surface area (Å²) in [6.07, 6.45) is 3.13. The van der Waals surface area contributed by atoms with E-state index in [0.717, 1.165) is 12.8 Å². The molecule has 0 aliphatic carbocycles. The van der Waals surface area contributed by atoms with Gasteiger partial charge in [-0.1, -0.05) is 24.3 Å². The van der Waals surface area contributed by atoms with Gasteiger partial charge in [0.15, 0.2) is 12.1 Å². The van der Waals surface area contributed by atoms with Crippen molar-refractivity contribution in [2.24, 2.45) is 5.92 Å². The van der Waals surface area contributed by atoms with Crippen LogP contribution < -0.4 is 0 Å². The molecule has 0 saturated carbocycles. The number of rotatable bonds is 4. The minimum Gasteiger partial charge on any atom is -0.436 e. The highest BCUT2D eigenvalue weighted by Gasteiger charge is 2.33. The van der Waals surface area contributed by atoms with Crippen LogP contribution in [0.25, 0.3) is 22.8 Å². The minimum atomic E-state index is -0.384. The molecule has 0 spiro atoms. The predicted octanol–water partition coefficient (Wildman–Crippen LogP) is 4.37. The summed E-state index contributed by atoms with van der Waals surface area (Å²) >= 11 is 0. The molecule has 0 N–H and O–H groups in total. The summed E-state index contributed by atoms with van der Waals surface area (Å²) in [5.74, 6) is 0.318. The topological polar surface area (TPSA) is 64.8 Å². The Hall–Kier alpha value is -3.03. The molecule has 2 fully saturated rings. The lowest BCUT2D eigenvalue weighted by molar-refractivity contribution is -0.0969. The molecule has 31 heavy (non-hydrogen) atoms. The summed E-state index contributed by atoms with van der Waals surface area (Å²) in [4.78, 5) is 19.6. The Morgan fingerprint density at radius 2 is 1.77 bits per heavy atom. The quantitative estimate of drug-likeness (QED) is 0.625. The highest BCUT2D eigenvalue weighted by molar-refractivity contribution is 6.00. The van der Waals surface area contributed by atoms with Crippen LogP contribution in [0.2, 0.25) is 0 Å². The third-order valence-electron chi connectivity index (χ3n) is 5.81. The molecule has 2 saturated heterocycles. The van der Waals surface area contributed by atoms with Gasteiger partial charge in [0.05, 0.1) is 30.5 Å². The zero-order valence-corrected chi connectivity index (χ0v) is 17.0. The number of ether oxygens (including phenoxy) is 2. The highest BCUT2D eigenvalue weighted by atomic mass is 19.1. The largest absolute Gasteiger partial charge is 0.436 e. The number of oxazole rings is 1. The molecule has 1 unspecified atom stereocenters. The van der Waals surface area contributed by atoms with Gasteiger partial charge in [-0.25, -0.2) is 9.37 Å². The van der Waals surface area contributed by atoms with Crippen molar-refractivity contribution < 1.29 is 23.1 Å². The number of aromatic nitrogens is 1. The second kappa shape index (κ2) is 8.61. The molecule has 2 aliphatic rings. The van der Waals surface area contributed by atoms with Gasteiger partial charge in [-0.3, -0.25) is 4.79 Å². The van der Waals surface area contributed by atoms with Gasteiger partial charge in [0.25, 0.3) is 5.91 Å². The first kappa shape index (κ1) is 19.9.